The number of rotatable bonds is 2. The topological polar surface area (TPSA) is 39.2 Å². The summed E-state index contributed by atoms with van der Waals surface area (Å²) >= 11 is 6.14. The molecule has 0 spiro atoms. The highest BCUT2D eigenvalue weighted by Gasteiger charge is 2.11. The molecule has 17 heavy (non-hydrogen) atoms. The van der Waals surface area contributed by atoms with E-state index in [2.05, 4.69) is 16.6 Å². The van der Waals surface area contributed by atoms with Crippen LogP contribution in [0.15, 0.2) is 24.3 Å². The highest BCUT2D eigenvalue weighted by atomic mass is 35.5. The first-order valence-electron chi connectivity index (χ1n) is 5.33. The van der Waals surface area contributed by atoms with Crippen molar-refractivity contribution in [1.82, 2.24) is 4.98 Å². The third kappa shape index (κ3) is 2.24. The molecule has 4 heteroatoms. The normalized spacial score (nSPS) is 10.5. The highest BCUT2D eigenvalue weighted by Crippen LogP contribution is 2.24. The number of carbonyl (C=O) groups is 1. The maximum absolute atomic E-state index is 11.4. The molecule has 1 aromatic heterocycles. The molecule has 0 unspecified atom stereocenters. The third-order valence-corrected chi connectivity index (χ3v) is 2.94. The van der Waals surface area contributed by atoms with Crippen LogP contribution >= 0.6 is 11.6 Å². The minimum Gasteiger partial charge on any atom is -0.464 e. The van der Waals surface area contributed by atoms with Gasteiger partial charge in [0, 0.05) is 5.39 Å². The van der Waals surface area contributed by atoms with Crippen molar-refractivity contribution >= 4 is 28.5 Å². The minimum absolute atomic E-state index is 0.231. The Hall–Kier alpha value is -1.61. The summed E-state index contributed by atoms with van der Waals surface area (Å²) in [5.41, 5.74) is 2.12. The molecule has 1 heterocycles. The lowest BCUT2D eigenvalue weighted by atomic mass is 10.1. The van der Waals surface area contributed by atoms with Crippen molar-refractivity contribution in [2.45, 2.75) is 13.3 Å². The Balaban J connectivity index is 2.63. The molecule has 0 bridgehead atoms. The van der Waals surface area contributed by atoms with Crippen LogP contribution in [0.2, 0.25) is 5.02 Å². The first kappa shape index (κ1) is 11.9. The molecule has 0 saturated carbocycles. The fourth-order valence-electron chi connectivity index (χ4n) is 1.66. The Morgan fingerprint density at radius 2 is 2.18 bits per heavy atom. The van der Waals surface area contributed by atoms with Crippen LogP contribution in [0.25, 0.3) is 10.9 Å². The number of nitrogens with zero attached hydrogens (tertiary/aromatic N) is 1. The van der Waals surface area contributed by atoms with E-state index >= 15 is 0 Å². The molecule has 2 aromatic rings. The number of esters is 1. The molecule has 1 aromatic carbocycles. The molecular weight excluding hydrogens is 238 g/mol. The van der Waals surface area contributed by atoms with Gasteiger partial charge in [0.1, 0.15) is 0 Å². The quantitative estimate of drug-likeness (QED) is 0.767. The number of hydrogen-bond donors (Lipinski definition) is 0. The van der Waals surface area contributed by atoms with Gasteiger partial charge < -0.3 is 4.74 Å². The third-order valence-electron chi connectivity index (χ3n) is 2.63. The van der Waals surface area contributed by atoms with E-state index in [0.717, 1.165) is 11.8 Å². The van der Waals surface area contributed by atoms with E-state index in [1.165, 1.54) is 18.7 Å². The van der Waals surface area contributed by atoms with Crippen molar-refractivity contribution in [3.05, 3.63) is 40.5 Å². The zero-order valence-corrected chi connectivity index (χ0v) is 10.4. The zero-order valence-electron chi connectivity index (χ0n) is 9.66. The number of hydrogen-bond acceptors (Lipinski definition) is 3. The maximum Gasteiger partial charge on any atom is 0.356 e. The van der Waals surface area contributed by atoms with Gasteiger partial charge in [0.2, 0.25) is 0 Å². The van der Waals surface area contributed by atoms with Crippen LogP contribution in [0.4, 0.5) is 0 Å². The summed E-state index contributed by atoms with van der Waals surface area (Å²) in [6.07, 6.45) is 0.936. The summed E-state index contributed by atoms with van der Waals surface area (Å²) in [4.78, 5) is 15.6. The van der Waals surface area contributed by atoms with Gasteiger partial charge in [-0.1, -0.05) is 24.6 Å². The molecule has 0 fully saturated rings. The van der Waals surface area contributed by atoms with E-state index in [0.29, 0.717) is 10.5 Å². The molecular formula is C13H12ClNO2. The summed E-state index contributed by atoms with van der Waals surface area (Å²) in [5, 5.41) is 1.38. The average molecular weight is 250 g/mol. The number of fused-ring (bicyclic) bond motifs is 1. The van der Waals surface area contributed by atoms with E-state index in [1.807, 2.05) is 18.2 Å². The number of aromatic nitrogens is 1. The van der Waals surface area contributed by atoms with Gasteiger partial charge in [-0.25, -0.2) is 9.78 Å². The number of carbonyl (C=O) groups excluding carboxylic acids is 1. The second kappa shape index (κ2) is 4.72. The van der Waals surface area contributed by atoms with Crippen LogP contribution in [-0.4, -0.2) is 18.1 Å². The van der Waals surface area contributed by atoms with E-state index in [1.54, 1.807) is 0 Å². The van der Waals surface area contributed by atoms with Crippen molar-refractivity contribution in [3.63, 3.8) is 0 Å². The van der Waals surface area contributed by atoms with E-state index in [-0.39, 0.29) is 5.69 Å². The maximum atomic E-state index is 11.4. The fourth-order valence-corrected chi connectivity index (χ4v) is 1.92. The molecule has 0 N–H and O–H groups in total. The smallest absolute Gasteiger partial charge is 0.356 e. The number of halogens is 1. The summed E-state index contributed by atoms with van der Waals surface area (Å²) in [7, 11) is 1.32. The molecule has 0 aliphatic carbocycles. The fraction of sp³-hybridized carbons (Fsp3) is 0.231. The van der Waals surface area contributed by atoms with Gasteiger partial charge in [-0.15, -0.1) is 0 Å². The first-order valence-corrected chi connectivity index (χ1v) is 5.71. The lowest BCUT2D eigenvalue weighted by Gasteiger charge is -2.05. The lowest BCUT2D eigenvalue weighted by Crippen LogP contribution is -2.04. The van der Waals surface area contributed by atoms with Crippen LogP contribution in [0.3, 0.4) is 0 Å². The Morgan fingerprint density at radius 3 is 2.82 bits per heavy atom. The predicted molar refractivity (Wildman–Crippen MR) is 67.5 cm³/mol. The zero-order chi connectivity index (χ0) is 12.4. The van der Waals surface area contributed by atoms with Gasteiger partial charge in [-0.3, -0.25) is 0 Å². The molecule has 0 amide bonds. The number of ether oxygens (including phenoxy) is 1. The van der Waals surface area contributed by atoms with Crippen molar-refractivity contribution in [2.24, 2.45) is 0 Å². The van der Waals surface area contributed by atoms with Gasteiger partial charge in [0.15, 0.2) is 5.69 Å². The van der Waals surface area contributed by atoms with Gasteiger partial charge in [0.25, 0.3) is 0 Å². The Labute approximate surface area is 104 Å². The molecule has 2 rings (SSSR count). The molecule has 3 nitrogen and oxygen atoms in total. The van der Waals surface area contributed by atoms with Crippen LogP contribution in [0.1, 0.15) is 23.0 Å². The summed E-state index contributed by atoms with van der Waals surface area (Å²) in [6, 6.07) is 7.38. The predicted octanol–water partition coefficient (Wildman–Crippen LogP) is 3.24. The number of methoxy groups -OCH3 is 1. The summed E-state index contributed by atoms with van der Waals surface area (Å²) < 4.78 is 4.62. The van der Waals surface area contributed by atoms with Gasteiger partial charge >= 0.3 is 5.97 Å². The van der Waals surface area contributed by atoms with Gasteiger partial charge in [0.05, 0.1) is 17.6 Å². The Bertz CT molecular complexity index is 581. The van der Waals surface area contributed by atoms with E-state index < -0.39 is 5.97 Å². The van der Waals surface area contributed by atoms with Crippen molar-refractivity contribution < 1.29 is 9.53 Å². The molecule has 0 aliphatic heterocycles. The average Bonchev–Trinajstić information content (AvgIpc) is 2.37. The Morgan fingerprint density at radius 1 is 1.41 bits per heavy atom. The van der Waals surface area contributed by atoms with Crippen molar-refractivity contribution in [1.29, 1.82) is 0 Å². The lowest BCUT2D eigenvalue weighted by molar-refractivity contribution is 0.0594. The van der Waals surface area contributed by atoms with Gasteiger partial charge in [-0.2, -0.15) is 0 Å². The van der Waals surface area contributed by atoms with Crippen LogP contribution in [0.5, 0.6) is 0 Å². The SMILES string of the molecule is CCc1ccc2nc(C(=O)OC)cc(Cl)c2c1. The van der Waals surface area contributed by atoms with Crippen LogP contribution in [-0.2, 0) is 11.2 Å². The molecule has 88 valence electrons. The summed E-state index contributed by atoms with van der Waals surface area (Å²) in [6.45, 7) is 2.07. The van der Waals surface area contributed by atoms with Crippen LogP contribution < -0.4 is 0 Å². The van der Waals surface area contributed by atoms with E-state index in [9.17, 15) is 4.79 Å². The second-order valence-electron chi connectivity index (χ2n) is 3.69. The largest absolute Gasteiger partial charge is 0.464 e. The summed E-state index contributed by atoms with van der Waals surface area (Å²) in [5.74, 6) is -0.478. The molecule has 0 aliphatic rings. The molecule has 0 atom stereocenters. The highest BCUT2D eigenvalue weighted by molar-refractivity contribution is 6.35. The number of pyridine rings is 1. The Kier molecular flexibility index (Phi) is 3.29. The monoisotopic (exact) mass is 249 g/mol. The first-order chi connectivity index (χ1) is 8.15. The van der Waals surface area contributed by atoms with E-state index in [4.69, 9.17) is 11.6 Å². The minimum atomic E-state index is -0.478. The van der Waals surface area contributed by atoms with Crippen molar-refractivity contribution in [3.8, 4) is 0 Å². The number of benzene rings is 1. The standard InChI is InChI=1S/C13H12ClNO2/c1-3-8-4-5-11-9(6-8)10(14)7-12(15-11)13(16)17-2/h4-7H,3H2,1-2H3. The molecule has 0 saturated heterocycles. The number of aryl methyl sites for hydroxylation is 1. The van der Waals surface area contributed by atoms with Crippen molar-refractivity contribution in [2.75, 3.05) is 7.11 Å². The molecule has 0 radical (unpaired) electrons. The van der Waals surface area contributed by atoms with Gasteiger partial charge in [-0.05, 0) is 30.2 Å². The van der Waals surface area contributed by atoms with Crippen LogP contribution in [0, 0.1) is 0 Å². The second-order valence-corrected chi connectivity index (χ2v) is 4.09.